The summed E-state index contributed by atoms with van der Waals surface area (Å²) in [4.78, 5) is 13.1. The molecule has 0 radical (unpaired) electrons. The van der Waals surface area contributed by atoms with Crippen molar-refractivity contribution in [3.63, 3.8) is 0 Å². The maximum absolute atomic E-state index is 11.2. The van der Waals surface area contributed by atoms with Gasteiger partial charge in [-0.1, -0.05) is 36.2 Å². The summed E-state index contributed by atoms with van der Waals surface area (Å²) in [6, 6.07) is 5.37. The highest BCUT2D eigenvalue weighted by Crippen LogP contribution is 2.25. The lowest BCUT2D eigenvalue weighted by molar-refractivity contribution is -0.142. The third kappa shape index (κ3) is 4.19. The van der Waals surface area contributed by atoms with Gasteiger partial charge in [-0.15, -0.1) is 0 Å². The molecule has 94 valence electrons. The first kappa shape index (κ1) is 14.3. The molecule has 0 saturated heterocycles. The molecule has 0 heterocycles. The zero-order chi connectivity index (χ0) is 12.8. The van der Waals surface area contributed by atoms with Crippen molar-refractivity contribution in [1.82, 2.24) is 4.90 Å². The highest BCUT2D eigenvalue weighted by atomic mass is 35.5. The van der Waals surface area contributed by atoms with Gasteiger partial charge in [-0.25, -0.2) is 0 Å². The lowest BCUT2D eigenvalue weighted by atomic mass is 10.2. The number of methoxy groups -OCH3 is 1. The van der Waals surface area contributed by atoms with Crippen LogP contribution >= 0.6 is 23.2 Å². The number of esters is 1. The molecular formula is C12H15Cl2NO2. The maximum Gasteiger partial charge on any atom is 0.319 e. The Labute approximate surface area is 111 Å². The van der Waals surface area contributed by atoms with Crippen LogP contribution in [0.4, 0.5) is 0 Å². The molecule has 0 aliphatic heterocycles. The van der Waals surface area contributed by atoms with Gasteiger partial charge in [0.2, 0.25) is 0 Å². The number of carbonyl (C=O) groups excluding carboxylic acids is 1. The number of rotatable bonds is 5. The monoisotopic (exact) mass is 275 g/mol. The molecule has 0 saturated carbocycles. The first-order valence-electron chi connectivity index (χ1n) is 5.30. The number of hydrogen-bond donors (Lipinski definition) is 0. The number of ether oxygens (including phenoxy) is 1. The Morgan fingerprint density at radius 1 is 1.35 bits per heavy atom. The molecule has 0 N–H and O–H groups in total. The van der Waals surface area contributed by atoms with Gasteiger partial charge in [0.15, 0.2) is 0 Å². The number of nitrogens with zero attached hydrogens (tertiary/aromatic N) is 1. The molecule has 1 aromatic carbocycles. The van der Waals surface area contributed by atoms with Gasteiger partial charge in [-0.2, -0.15) is 0 Å². The first-order valence-corrected chi connectivity index (χ1v) is 6.06. The van der Waals surface area contributed by atoms with Crippen molar-refractivity contribution >= 4 is 29.2 Å². The predicted molar refractivity (Wildman–Crippen MR) is 69.4 cm³/mol. The van der Waals surface area contributed by atoms with E-state index in [1.807, 2.05) is 11.8 Å². The summed E-state index contributed by atoms with van der Waals surface area (Å²) in [7, 11) is 1.37. The zero-order valence-corrected chi connectivity index (χ0v) is 11.4. The van der Waals surface area contributed by atoms with Crippen molar-refractivity contribution in [2.24, 2.45) is 0 Å². The molecule has 0 fully saturated rings. The van der Waals surface area contributed by atoms with Gasteiger partial charge in [0, 0.05) is 22.2 Å². The largest absolute Gasteiger partial charge is 0.468 e. The summed E-state index contributed by atoms with van der Waals surface area (Å²) in [5.74, 6) is -0.268. The Morgan fingerprint density at radius 3 is 2.41 bits per heavy atom. The average molecular weight is 276 g/mol. The van der Waals surface area contributed by atoms with Crippen LogP contribution in [0.15, 0.2) is 18.2 Å². The van der Waals surface area contributed by atoms with E-state index in [0.29, 0.717) is 16.6 Å². The van der Waals surface area contributed by atoms with E-state index in [1.165, 1.54) is 7.11 Å². The topological polar surface area (TPSA) is 29.5 Å². The Balaban J connectivity index is 2.77. The van der Waals surface area contributed by atoms with E-state index in [-0.39, 0.29) is 12.5 Å². The van der Waals surface area contributed by atoms with Crippen LogP contribution < -0.4 is 0 Å². The van der Waals surface area contributed by atoms with Crippen LogP contribution in [-0.2, 0) is 16.1 Å². The standard InChI is InChI=1S/C12H15Cl2NO2/c1-3-15(8-12(16)17-2)7-9-10(13)5-4-6-11(9)14/h4-6H,3,7-8H2,1-2H3. The van der Waals surface area contributed by atoms with Crippen LogP contribution in [0.25, 0.3) is 0 Å². The Hall–Kier alpha value is -0.770. The van der Waals surface area contributed by atoms with Crippen LogP contribution in [0.2, 0.25) is 10.0 Å². The summed E-state index contributed by atoms with van der Waals surface area (Å²) in [5.41, 5.74) is 0.835. The Morgan fingerprint density at radius 2 is 1.94 bits per heavy atom. The van der Waals surface area contributed by atoms with Crippen LogP contribution in [-0.4, -0.2) is 31.1 Å². The maximum atomic E-state index is 11.2. The van der Waals surface area contributed by atoms with Gasteiger partial charge in [0.25, 0.3) is 0 Å². The predicted octanol–water partition coefficient (Wildman–Crippen LogP) is 2.99. The van der Waals surface area contributed by atoms with E-state index >= 15 is 0 Å². The fourth-order valence-electron chi connectivity index (χ4n) is 1.43. The fraction of sp³-hybridized carbons (Fsp3) is 0.417. The molecule has 0 aliphatic carbocycles. The molecule has 0 amide bonds. The fourth-order valence-corrected chi connectivity index (χ4v) is 1.95. The molecule has 5 heteroatoms. The first-order chi connectivity index (χ1) is 8.08. The van der Waals surface area contributed by atoms with E-state index in [9.17, 15) is 4.79 Å². The smallest absolute Gasteiger partial charge is 0.319 e. The van der Waals surface area contributed by atoms with Crippen molar-refractivity contribution < 1.29 is 9.53 Å². The summed E-state index contributed by atoms with van der Waals surface area (Å²) in [6.45, 7) is 3.45. The van der Waals surface area contributed by atoms with E-state index in [1.54, 1.807) is 18.2 Å². The van der Waals surface area contributed by atoms with Gasteiger partial charge >= 0.3 is 5.97 Å². The highest BCUT2D eigenvalue weighted by molar-refractivity contribution is 6.35. The van der Waals surface area contributed by atoms with Gasteiger partial charge in [0.1, 0.15) is 0 Å². The van der Waals surface area contributed by atoms with Crippen LogP contribution in [0, 0.1) is 0 Å². The summed E-state index contributed by atoms with van der Waals surface area (Å²) in [6.07, 6.45) is 0. The van der Waals surface area contributed by atoms with Crippen molar-refractivity contribution in [3.05, 3.63) is 33.8 Å². The van der Waals surface area contributed by atoms with E-state index < -0.39 is 0 Å². The second-order valence-electron chi connectivity index (χ2n) is 3.58. The minimum atomic E-state index is -0.268. The minimum Gasteiger partial charge on any atom is -0.468 e. The molecule has 17 heavy (non-hydrogen) atoms. The minimum absolute atomic E-state index is 0.231. The molecule has 0 aliphatic rings. The van der Waals surface area contributed by atoms with Crippen LogP contribution in [0.3, 0.4) is 0 Å². The molecule has 0 bridgehead atoms. The summed E-state index contributed by atoms with van der Waals surface area (Å²) < 4.78 is 4.63. The van der Waals surface area contributed by atoms with Crippen LogP contribution in [0.1, 0.15) is 12.5 Å². The number of carbonyl (C=O) groups is 1. The second-order valence-corrected chi connectivity index (χ2v) is 4.39. The number of halogens is 2. The highest BCUT2D eigenvalue weighted by Gasteiger charge is 2.13. The van der Waals surface area contributed by atoms with Gasteiger partial charge in [0.05, 0.1) is 13.7 Å². The molecule has 1 aromatic rings. The third-order valence-corrected chi connectivity index (χ3v) is 3.18. The van der Waals surface area contributed by atoms with Crippen molar-refractivity contribution in [2.45, 2.75) is 13.5 Å². The molecule has 1 rings (SSSR count). The Bertz CT molecular complexity index is 376. The van der Waals surface area contributed by atoms with E-state index in [0.717, 1.165) is 12.1 Å². The lowest BCUT2D eigenvalue weighted by Crippen LogP contribution is -2.30. The van der Waals surface area contributed by atoms with Crippen LogP contribution in [0.5, 0.6) is 0 Å². The number of likely N-dealkylation sites (N-methyl/N-ethyl adjacent to an activating group) is 1. The molecule has 0 unspecified atom stereocenters. The van der Waals surface area contributed by atoms with E-state index in [4.69, 9.17) is 23.2 Å². The Kier molecular flexibility index (Phi) is 5.75. The molecular weight excluding hydrogens is 261 g/mol. The van der Waals surface area contributed by atoms with Crippen molar-refractivity contribution in [1.29, 1.82) is 0 Å². The SMILES string of the molecule is CCN(CC(=O)OC)Cc1c(Cl)cccc1Cl. The zero-order valence-electron chi connectivity index (χ0n) is 9.87. The molecule has 0 aromatic heterocycles. The van der Waals surface area contributed by atoms with Gasteiger partial charge in [-0.3, -0.25) is 9.69 Å². The lowest BCUT2D eigenvalue weighted by Gasteiger charge is -2.20. The summed E-state index contributed by atoms with van der Waals surface area (Å²) in [5, 5.41) is 1.22. The quantitative estimate of drug-likeness (QED) is 0.774. The van der Waals surface area contributed by atoms with E-state index in [2.05, 4.69) is 4.74 Å². The normalized spacial score (nSPS) is 10.6. The second kappa shape index (κ2) is 6.84. The number of hydrogen-bond acceptors (Lipinski definition) is 3. The molecule has 3 nitrogen and oxygen atoms in total. The molecule has 0 atom stereocenters. The van der Waals surface area contributed by atoms with Gasteiger partial charge in [-0.05, 0) is 18.7 Å². The van der Waals surface area contributed by atoms with Crippen molar-refractivity contribution in [3.8, 4) is 0 Å². The summed E-state index contributed by atoms with van der Waals surface area (Å²) >= 11 is 12.1. The number of benzene rings is 1. The van der Waals surface area contributed by atoms with Gasteiger partial charge < -0.3 is 4.74 Å². The molecule has 0 spiro atoms. The average Bonchev–Trinajstić information content (AvgIpc) is 2.32. The third-order valence-electron chi connectivity index (χ3n) is 2.47. The van der Waals surface area contributed by atoms with Crippen molar-refractivity contribution in [2.75, 3.05) is 20.2 Å².